The summed E-state index contributed by atoms with van der Waals surface area (Å²) >= 11 is 0. The number of sulfonamides is 1. The molecule has 0 saturated heterocycles. The van der Waals surface area contributed by atoms with Gasteiger partial charge in [-0.1, -0.05) is 0 Å². The Morgan fingerprint density at radius 3 is 2.23 bits per heavy atom. The van der Waals surface area contributed by atoms with Crippen LogP contribution in [-0.4, -0.2) is 61.6 Å². The predicted molar refractivity (Wildman–Crippen MR) is 136 cm³/mol. The molecule has 2 aromatic rings. The lowest BCUT2D eigenvalue weighted by Gasteiger charge is -2.41. The molecule has 40 heavy (non-hydrogen) atoms. The van der Waals surface area contributed by atoms with Gasteiger partial charge in [-0.15, -0.1) is 0 Å². The van der Waals surface area contributed by atoms with Gasteiger partial charge in [0.1, 0.15) is 23.3 Å². The third-order valence-electron chi connectivity index (χ3n) is 6.05. The van der Waals surface area contributed by atoms with Crippen molar-refractivity contribution >= 4 is 33.4 Å². The van der Waals surface area contributed by atoms with Gasteiger partial charge in [0.05, 0.1) is 23.2 Å². The van der Waals surface area contributed by atoms with Gasteiger partial charge < -0.3 is 19.9 Å². The van der Waals surface area contributed by atoms with Crippen molar-refractivity contribution in [3.63, 3.8) is 0 Å². The van der Waals surface area contributed by atoms with E-state index in [2.05, 4.69) is 15.4 Å². The smallest absolute Gasteiger partial charge is 0.427 e. The number of ether oxygens (including phenoxy) is 2. The summed E-state index contributed by atoms with van der Waals surface area (Å²) in [5, 5.41) is 14.6. The zero-order valence-corrected chi connectivity index (χ0v) is 23.0. The third-order valence-corrected chi connectivity index (χ3v) is 7.96. The van der Waals surface area contributed by atoms with Crippen molar-refractivity contribution in [2.75, 3.05) is 16.2 Å². The number of hydrogen-bond acceptors (Lipinski definition) is 7. The average Bonchev–Trinajstić information content (AvgIpc) is 2.81. The second-order valence-electron chi connectivity index (χ2n) is 10.1. The Bertz CT molecular complexity index is 1370. The van der Waals surface area contributed by atoms with E-state index in [0.29, 0.717) is 13.8 Å². The molecule has 1 aliphatic heterocycles. The van der Waals surface area contributed by atoms with Crippen LogP contribution in [0.5, 0.6) is 5.75 Å². The van der Waals surface area contributed by atoms with Crippen molar-refractivity contribution in [1.82, 2.24) is 5.32 Å². The Kier molecular flexibility index (Phi) is 8.33. The molecule has 0 bridgehead atoms. The van der Waals surface area contributed by atoms with Crippen LogP contribution >= 0.6 is 0 Å². The van der Waals surface area contributed by atoms with Crippen LogP contribution in [0, 0.1) is 5.82 Å². The number of anilines is 2. The predicted octanol–water partition coefficient (Wildman–Crippen LogP) is 3.95. The Morgan fingerprint density at radius 2 is 1.68 bits per heavy atom. The fourth-order valence-electron chi connectivity index (χ4n) is 3.62. The highest BCUT2D eigenvalue weighted by Gasteiger charge is 2.51. The van der Waals surface area contributed by atoms with E-state index in [4.69, 9.17) is 4.74 Å². The topological polar surface area (TPSA) is 134 Å². The number of halogens is 4. The normalized spacial score (nSPS) is 17.9. The van der Waals surface area contributed by atoms with E-state index in [0.717, 1.165) is 28.6 Å². The van der Waals surface area contributed by atoms with Crippen LogP contribution in [0.1, 0.15) is 34.6 Å². The molecule has 3 rings (SSSR count). The van der Waals surface area contributed by atoms with Crippen LogP contribution in [-0.2, 0) is 19.6 Å². The summed E-state index contributed by atoms with van der Waals surface area (Å²) in [5.41, 5.74) is -4.71. The molecule has 2 atom stereocenters. The number of rotatable bonds is 7. The van der Waals surface area contributed by atoms with Gasteiger partial charge in [-0.3, -0.25) is 14.4 Å². The van der Waals surface area contributed by atoms with Crippen molar-refractivity contribution < 1.29 is 50.1 Å². The summed E-state index contributed by atoms with van der Waals surface area (Å²) in [4.78, 5) is 24.1. The first-order valence-corrected chi connectivity index (χ1v) is 13.4. The molecule has 1 heterocycles. The summed E-state index contributed by atoms with van der Waals surface area (Å²) in [6.45, 7) is 5.14. The summed E-state index contributed by atoms with van der Waals surface area (Å²) in [5.74, 6) is -1.41. The molecule has 0 aromatic heterocycles. The van der Waals surface area contributed by atoms with Gasteiger partial charge >= 0.3 is 12.3 Å². The third kappa shape index (κ3) is 6.58. The fourth-order valence-corrected chi connectivity index (χ4v) is 5.30. The van der Waals surface area contributed by atoms with E-state index < -0.39 is 57.4 Å². The van der Waals surface area contributed by atoms with Gasteiger partial charge in [0.2, 0.25) is 5.60 Å². The first kappa shape index (κ1) is 30.9. The highest BCUT2D eigenvalue weighted by atomic mass is 32.2. The number of amides is 2. The Labute approximate surface area is 228 Å². The molecule has 0 aliphatic carbocycles. The van der Waals surface area contributed by atoms with Gasteiger partial charge in [-0.2, -0.15) is 13.2 Å². The van der Waals surface area contributed by atoms with E-state index in [-0.39, 0.29) is 28.6 Å². The molecule has 0 spiro atoms. The first-order valence-electron chi connectivity index (χ1n) is 11.9. The number of alkyl halides is 3. The SMILES string of the molecule is CC1C(CNC(=O)C(C)(C)O)Oc2ccc(NC(=O)OC(C)(C)C(F)(F)F)cc2N1S(=O)(=O)c1ccc(F)cc1. The van der Waals surface area contributed by atoms with Crippen molar-refractivity contribution in [3.05, 3.63) is 48.3 Å². The number of fused-ring (bicyclic) bond motifs is 1. The molecule has 2 amide bonds. The van der Waals surface area contributed by atoms with E-state index in [9.17, 15) is 40.7 Å². The first-order chi connectivity index (χ1) is 18.2. The maximum Gasteiger partial charge on any atom is 0.427 e. The molecule has 15 heteroatoms. The van der Waals surface area contributed by atoms with Gasteiger partial charge in [0.25, 0.3) is 15.9 Å². The lowest BCUT2D eigenvalue weighted by molar-refractivity contribution is -0.242. The van der Waals surface area contributed by atoms with E-state index >= 15 is 0 Å². The number of nitrogens with zero attached hydrogens (tertiary/aromatic N) is 1. The zero-order chi connectivity index (χ0) is 30.3. The number of carbonyl (C=O) groups is 2. The summed E-state index contributed by atoms with van der Waals surface area (Å²) in [7, 11) is -4.40. The Balaban J connectivity index is 2.00. The standard InChI is InChI=1S/C25H29F4N3O7S/c1-14-20(13-30-21(33)23(2,3)35)38-19-11-8-16(31-22(34)39-24(4,5)25(27,28)29)12-18(19)32(14)40(36,37)17-9-6-15(26)7-10-17/h6-12,14,20,35H,13H2,1-5H3,(H,30,33)(H,31,34). The van der Waals surface area contributed by atoms with Crippen molar-refractivity contribution in [2.45, 2.75) is 69.0 Å². The molecular weight excluding hydrogens is 562 g/mol. The molecule has 0 fully saturated rings. The second kappa shape index (κ2) is 10.8. The molecule has 10 nitrogen and oxygen atoms in total. The van der Waals surface area contributed by atoms with Gasteiger partial charge in [0, 0.05) is 5.69 Å². The van der Waals surface area contributed by atoms with Gasteiger partial charge in [-0.25, -0.2) is 17.6 Å². The number of aliphatic hydroxyl groups is 1. The van der Waals surface area contributed by atoms with E-state index in [1.807, 2.05) is 0 Å². The minimum atomic E-state index is -4.85. The molecule has 3 N–H and O–H groups in total. The van der Waals surface area contributed by atoms with Crippen LogP contribution in [0.15, 0.2) is 47.4 Å². The van der Waals surface area contributed by atoms with Crippen LogP contribution in [0.2, 0.25) is 0 Å². The highest BCUT2D eigenvalue weighted by Crippen LogP contribution is 2.42. The number of hydrogen-bond donors (Lipinski definition) is 3. The average molecular weight is 592 g/mol. The second-order valence-corrected chi connectivity index (χ2v) is 11.9. The Hall–Kier alpha value is -3.59. The number of nitrogens with one attached hydrogen (secondary N) is 2. The molecular formula is C25H29F4N3O7S. The monoisotopic (exact) mass is 591 g/mol. The fraction of sp³-hybridized carbons (Fsp3) is 0.440. The summed E-state index contributed by atoms with van der Waals surface area (Å²) in [6, 6.07) is 6.71. The van der Waals surface area contributed by atoms with E-state index in [1.54, 1.807) is 0 Å². The van der Waals surface area contributed by atoms with Crippen molar-refractivity contribution in [2.24, 2.45) is 0 Å². The molecule has 220 valence electrons. The molecule has 1 aliphatic rings. The quantitative estimate of drug-likeness (QED) is 0.415. The van der Waals surface area contributed by atoms with Crippen LogP contribution in [0.3, 0.4) is 0 Å². The maximum absolute atomic E-state index is 13.7. The lowest BCUT2D eigenvalue weighted by atomic mass is 10.1. The molecule has 0 saturated carbocycles. The van der Waals surface area contributed by atoms with Crippen LogP contribution in [0.4, 0.5) is 33.7 Å². The lowest BCUT2D eigenvalue weighted by Crippen LogP contribution is -2.56. The van der Waals surface area contributed by atoms with Crippen molar-refractivity contribution in [1.29, 1.82) is 0 Å². The van der Waals surface area contributed by atoms with Crippen LogP contribution < -0.4 is 19.7 Å². The number of carbonyl (C=O) groups excluding carboxylic acids is 2. The van der Waals surface area contributed by atoms with E-state index in [1.165, 1.54) is 39.0 Å². The molecule has 2 aromatic carbocycles. The summed E-state index contributed by atoms with van der Waals surface area (Å²) < 4.78 is 91.7. The van der Waals surface area contributed by atoms with Crippen LogP contribution in [0.25, 0.3) is 0 Å². The Morgan fingerprint density at radius 1 is 1.07 bits per heavy atom. The molecule has 0 radical (unpaired) electrons. The van der Waals surface area contributed by atoms with Gasteiger partial charge in [0.15, 0.2) is 0 Å². The minimum Gasteiger partial charge on any atom is -0.484 e. The minimum absolute atomic E-state index is 0.000771. The maximum atomic E-state index is 13.7. The van der Waals surface area contributed by atoms with Crippen molar-refractivity contribution in [3.8, 4) is 5.75 Å². The largest absolute Gasteiger partial charge is 0.484 e. The molecule has 2 unspecified atom stereocenters. The zero-order valence-electron chi connectivity index (χ0n) is 22.2. The summed E-state index contributed by atoms with van der Waals surface area (Å²) in [6.07, 6.45) is -7.25. The number of benzene rings is 2. The highest BCUT2D eigenvalue weighted by molar-refractivity contribution is 7.92. The van der Waals surface area contributed by atoms with Gasteiger partial charge in [-0.05, 0) is 77.1 Å².